The van der Waals surface area contributed by atoms with E-state index in [1.165, 1.54) is 25.6 Å². The molecule has 14 heavy (non-hydrogen) atoms. The van der Waals surface area contributed by atoms with E-state index in [2.05, 4.69) is 15.0 Å². The predicted octanol–water partition coefficient (Wildman–Crippen LogP) is 0.690. The quantitative estimate of drug-likeness (QED) is 0.765. The Labute approximate surface area is 83.4 Å². The highest BCUT2D eigenvalue weighted by molar-refractivity contribution is 5.31. The number of nitrogens with zero attached hydrogens (tertiary/aromatic N) is 4. The Morgan fingerprint density at radius 3 is 2.86 bits per heavy atom. The van der Waals surface area contributed by atoms with E-state index in [1.54, 1.807) is 0 Å². The molecule has 0 unspecified atom stereocenters. The summed E-state index contributed by atoms with van der Waals surface area (Å²) in [6, 6.07) is 0. The maximum atomic E-state index is 5.48. The number of hydrogen-bond acceptors (Lipinski definition) is 5. The molecular weight excluding hydrogens is 178 g/mol. The van der Waals surface area contributed by atoms with E-state index in [-0.39, 0.29) is 5.95 Å². The maximum absolute atomic E-state index is 5.48. The molecule has 5 heteroatoms. The molecule has 0 spiro atoms. The Morgan fingerprint density at radius 2 is 2.29 bits per heavy atom. The van der Waals surface area contributed by atoms with Crippen molar-refractivity contribution in [3.05, 3.63) is 6.33 Å². The minimum atomic E-state index is 0.287. The van der Waals surface area contributed by atoms with Gasteiger partial charge in [0.1, 0.15) is 6.33 Å². The van der Waals surface area contributed by atoms with Gasteiger partial charge in [-0.3, -0.25) is 0 Å². The van der Waals surface area contributed by atoms with Crippen LogP contribution < -0.4 is 10.6 Å². The first-order valence-corrected chi connectivity index (χ1v) is 4.91. The standard InChI is InChI=1S/C9H15N5/c1-14(5-7-3-2-4-7)9-12-6-11-8(10)13-9/h6-7H,2-5H2,1H3,(H2,10,11,12,13). The van der Waals surface area contributed by atoms with Gasteiger partial charge in [-0.05, 0) is 18.8 Å². The van der Waals surface area contributed by atoms with Gasteiger partial charge in [0.25, 0.3) is 0 Å². The van der Waals surface area contributed by atoms with Gasteiger partial charge in [-0.2, -0.15) is 4.98 Å². The average molecular weight is 193 g/mol. The molecule has 5 nitrogen and oxygen atoms in total. The van der Waals surface area contributed by atoms with Crippen molar-refractivity contribution >= 4 is 11.9 Å². The first-order chi connectivity index (χ1) is 6.75. The van der Waals surface area contributed by atoms with E-state index < -0.39 is 0 Å². The van der Waals surface area contributed by atoms with E-state index in [4.69, 9.17) is 5.73 Å². The Morgan fingerprint density at radius 1 is 1.50 bits per heavy atom. The van der Waals surface area contributed by atoms with Gasteiger partial charge >= 0.3 is 0 Å². The summed E-state index contributed by atoms with van der Waals surface area (Å²) < 4.78 is 0. The summed E-state index contributed by atoms with van der Waals surface area (Å²) in [5.41, 5.74) is 5.48. The van der Waals surface area contributed by atoms with Gasteiger partial charge in [0, 0.05) is 13.6 Å². The van der Waals surface area contributed by atoms with E-state index in [0.29, 0.717) is 5.95 Å². The van der Waals surface area contributed by atoms with Gasteiger partial charge < -0.3 is 10.6 Å². The molecule has 0 aliphatic heterocycles. The number of anilines is 2. The van der Waals surface area contributed by atoms with Crippen LogP contribution in [0.3, 0.4) is 0 Å². The first kappa shape index (κ1) is 9.18. The fourth-order valence-corrected chi connectivity index (χ4v) is 1.63. The van der Waals surface area contributed by atoms with Crippen molar-refractivity contribution in [1.29, 1.82) is 0 Å². The van der Waals surface area contributed by atoms with Gasteiger partial charge in [-0.15, -0.1) is 0 Å². The van der Waals surface area contributed by atoms with Crippen molar-refractivity contribution in [2.75, 3.05) is 24.2 Å². The van der Waals surface area contributed by atoms with Gasteiger partial charge in [0.05, 0.1) is 0 Å². The Kier molecular flexibility index (Phi) is 2.47. The summed E-state index contributed by atoms with van der Waals surface area (Å²) in [6.07, 6.45) is 5.46. The number of rotatable bonds is 3. The zero-order chi connectivity index (χ0) is 9.97. The predicted molar refractivity (Wildman–Crippen MR) is 54.9 cm³/mol. The summed E-state index contributed by atoms with van der Waals surface area (Å²) >= 11 is 0. The third-order valence-electron chi connectivity index (χ3n) is 2.68. The molecule has 1 saturated carbocycles. The number of aromatic nitrogens is 3. The van der Waals surface area contributed by atoms with Crippen LogP contribution in [-0.4, -0.2) is 28.5 Å². The molecular formula is C9H15N5. The van der Waals surface area contributed by atoms with Crippen molar-refractivity contribution in [2.45, 2.75) is 19.3 Å². The zero-order valence-corrected chi connectivity index (χ0v) is 8.35. The van der Waals surface area contributed by atoms with Crippen LogP contribution in [0.5, 0.6) is 0 Å². The van der Waals surface area contributed by atoms with Crippen LogP contribution in [0.25, 0.3) is 0 Å². The molecule has 0 bridgehead atoms. The molecule has 1 aliphatic carbocycles. The minimum absolute atomic E-state index is 0.287. The van der Waals surface area contributed by atoms with Crippen molar-refractivity contribution in [1.82, 2.24) is 15.0 Å². The van der Waals surface area contributed by atoms with Crippen LogP contribution in [0.2, 0.25) is 0 Å². The van der Waals surface area contributed by atoms with E-state index in [0.717, 1.165) is 12.5 Å². The van der Waals surface area contributed by atoms with Crippen LogP contribution in [-0.2, 0) is 0 Å². The Hall–Kier alpha value is -1.39. The lowest BCUT2D eigenvalue weighted by Crippen LogP contribution is -2.30. The molecule has 0 aromatic carbocycles. The summed E-state index contributed by atoms with van der Waals surface area (Å²) in [7, 11) is 1.99. The fraction of sp³-hybridized carbons (Fsp3) is 0.667. The van der Waals surface area contributed by atoms with Crippen LogP contribution in [0.4, 0.5) is 11.9 Å². The van der Waals surface area contributed by atoms with Crippen LogP contribution in [0, 0.1) is 5.92 Å². The SMILES string of the molecule is CN(CC1CCC1)c1ncnc(N)n1. The van der Waals surface area contributed by atoms with Gasteiger partial charge in [-0.1, -0.05) is 6.42 Å². The highest BCUT2D eigenvalue weighted by atomic mass is 15.3. The Balaban J connectivity index is 1.98. The minimum Gasteiger partial charge on any atom is -0.368 e. The smallest absolute Gasteiger partial charge is 0.229 e. The summed E-state index contributed by atoms with van der Waals surface area (Å²) in [5.74, 6) is 1.76. The molecule has 1 heterocycles. The monoisotopic (exact) mass is 193 g/mol. The lowest BCUT2D eigenvalue weighted by molar-refractivity contribution is 0.320. The molecule has 1 fully saturated rings. The molecule has 2 rings (SSSR count). The molecule has 0 radical (unpaired) electrons. The van der Waals surface area contributed by atoms with Crippen molar-refractivity contribution < 1.29 is 0 Å². The van der Waals surface area contributed by atoms with E-state index in [9.17, 15) is 0 Å². The second-order valence-corrected chi connectivity index (χ2v) is 3.82. The third-order valence-corrected chi connectivity index (χ3v) is 2.68. The van der Waals surface area contributed by atoms with Gasteiger partial charge in [-0.25, -0.2) is 9.97 Å². The molecule has 1 aromatic rings. The van der Waals surface area contributed by atoms with E-state index >= 15 is 0 Å². The van der Waals surface area contributed by atoms with Gasteiger partial charge in [0.15, 0.2) is 0 Å². The average Bonchev–Trinajstić information content (AvgIpc) is 2.11. The summed E-state index contributed by atoms with van der Waals surface area (Å²) in [6.45, 7) is 1.02. The molecule has 0 atom stereocenters. The zero-order valence-electron chi connectivity index (χ0n) is 8.35. The number of hydrogen-bond donors (Lipinski definition) is 1. The van der Waals surface area contributed by atoms with Crippen LogP contribution in [0.1, 0.15) is 19.3 Å². The third kappa shape index (κ3) is 1.92. The molecule has 76 valence electrons. The first-order valence-electron chi connectivity index (χ1n) is 4.91. The van der Waals surface area contributed by atoms with Crippen LogP contribution >= 0.6 is 0 Å². The Bertz CT molecular complexity index is 310. The molecule has 0 saturated heterocycles. The second kappa shape index (κ2) is 3.77. The number of nitrogen functional groups attached to an aromatic ring is 1. The molecule has 0 amide bonds. The van der Waals surface area contributed by atoms with Crippen molar-refractivity contribution in [3.63, 3.8) is 0 Å². The summed E-state index contributed by atoms with van der Waals surface area (Å²) in [5, 5.41) is 0. The highest BCUT2D eigenvalue weighted by Gasteiger charge is 2.20. The van der Waals surface area contributed by atoms with Crippen molar-refractivity contribution in [3.8, 4) is 0 Å². The van der Waals surface area contributed by atoms with Gasteiger partial charge in [0.2, 0.25) is 11.9 Å². The lowest BCUT2D eigenvalue weighted by atomic mass is 9.85. The maximum Gasteiger partial charge on any atom is 0.229 e. The topological polar surface area (TPSA) is 67.9 Å². The largest absolute Gasteiger partial charge is 0.368 e. The van der Waals surface area contributed by atoms with Crippen LogP contribution in [0.15, 0.2) is 6.33 Å². The lowest BCUT2D eigenvalue weighted by Gasteiger charge is -2.29. The molecule has 1 aliphatic rings. The van der Waals surface area contributed by atoms with Crippen molar-refractivity contribution in [2.24, 2.45) is 5.92 Å². The number of nitrogens with two attached hydrogens (primary N) is 1. The highest BCUT2D eigenvalue weighted by Crippen LogP contribution is 2.27. The molecule has 1 aromatic heterocycles. The fourth-order valence-electron chi connectivity index (χ4n) is 1.63. The second-order valence-electron chi connectivity index (χ2n) is 3.82. The normalized spacial score (nSPS) is 16.4. The van der Waals surface area contributed by atoms with E-state index in [1.807, 2.05) is 11.9 Å². The molecule has 2 N–H and O–H groups in total. The summed E-state index contributed by atoms with van der Waals surface area (Å²) in [4.78, 5) is 13.9.